The molecule has 15 heavy (non-hydrogen) atoms. The van der Waals surface area contributed by atoms with Crippen LogP contribution in [0.2, 0.25) is 0 Å². The van der Waals surface area contributed by atoms with E-state index in [9.17, 15) is 13.6 Å². The molecule has 0 spiro atoms. The van der Waals surface area contributed by atoms with Crippen LogP contribution in [0.25, 0.3) is 0 Å². The summed E-state index contributed by atoms with van der Waals surface area (Å²) >= 11 is 0. The van der Waals surface area contributed by atoms with Crippen LogP contribution in [0.3, 0.4) is 0 Å². The molecule has 0 N–H and O–H groups in total. The Morgan fingerprint density at radius 3 is 2.60 bits per heavy atom. The van der Waals surface area contributed by atoms with Crippen LogP contribution in [0.5, 0.6) is 0 Å². The third kappa shape index (κ3) is 1.78. The topological polar surface area (TPSA) is 17.1 Å². The molecule has 0 saturated heterocycles. The average molecular weight is 210 g/mol. The van der Waals surface area contributed by atoms with E-state index in [0.717, 1.165) is 18.9 Å². The lowest BCUT2D eigenvalue weighted by Gasteiger charge is -2.11. The highest BCUT2D eigenvalue weighted by Gasteiger charge is 2.47. The molecule has 0 heterocycles. The van der Waals surface area contributed by atoms with Crippen molar-refractivity contribution in [3.8, 4) is 0 Å². The Morgan fingerprint density at radius 2 is 2.07 bits per heavy atom. The molecule has 0 radical (unpaired) electrons. The van der Waals surface area contributed by atoms with E-state index < -0.39 is 17.0 Å². The van der Waals surface area contributed by atoms with Gasteiger partial charge in [-0.1, -0.05) is 12.1 Å². The van der Waals surface area contributed by atoms with Gasteiger partial charge in [-0.2, -0.15) is 0 Å². The normalized spacial score (nSPS) is 17.5. The fourth-order valence-electron chi connectivity index (χ4n) is 1.85. The largest absolute Gasteiger partial charge is 0.299 e. The Bertz CT molecular complexity index is 408. The first-order valence-electron chi connectivity index (χ1n) is 4.99. The summed E-state index contributed by atoms with van der Waals surface area (Å²) in [6.45, 7) is 1.52. The van der Waals surface area contributed by atoms with E-state index in [1.165, 1.54) is 13.0 Å². The number of carbonyl (C=O) groups is 1. The maximum Gasteiger partial charge on any atom is 0.162 e. The smallest absolute Gasteiger partial charge is 0.162 e. The molecule has 0 aliphatic heterocycles. The average Bonchev–Trinajstić information content (AvgIpc) is 2.94. The minimum atomic E-state index is -0.841. The van der Waals surface area contributed by atoms with Gasteiger partial charge in [0.25, 0.3) is 0 Å². The van der Waals surface area contributed by atoms with Crippen LogP contribution >= 0.6 is 0 Å². The van der Waals surface area contributed by atoms with Crippen molar-refractivity contribution in [3.63, 3.8) is 0 Å². The third-order valence-electron chi connectivity index (χ3n) is 3.16. The highest BCUT2D eigenvalue weighted by molar-refractivity contribution is 5.85. The van der Waals surface area contributed by atoms with Gasteiger partial charge in [-0.25, -0.2) is 8.78 Å². The Labute approximate surface area is 87.1 Å². The quantitative estimate of drug-likeness (QED) is 0.749. The van der Waals surface area contributed by atoms with Gasteiger partial charge in [0.15, 0.2) is 11.6 Å². The number of ketones is 1. The fourth-order valence-corrected chi connectivity index (χ4v) is 1.85. The predicted octanol–water partition coefficient (Wildman–Crippen LogP) is 2.88. The lowest BCUT2D eigenvalue weighted by atomic mass is 9.92. The van der Waals surface area contributed by atoms with E-state index in [1.54, 1.807) is 6.07 Å². The molecule has 2 rings (SSSR count). The second kappa shape index (κ2) is 3.40. The first-order chi connectivity index (χ1) is 7.05. The Morgan fingerprint density at radius 1 is 1.40 bits per heavy atom. The van der Waals surface area contributed by atoms with Crippen LogP contribution in [0.1, 0.15) is 25.3 Å². The number of Topliss-reactive ketones (excluding diaryl/α,β-unsaturated/α-hetero) is 1. The molecule has 0 amide bonds. The molecule has 1 aromatic rings. The molecule has 1 aliphatic rings. The Hall–Kier alpha value is -1.25. The van der Waals surface area contributed by atoms with Crippen LogP contribution in [-0.2, 0) is 11.2 Å². The van der Waals surface area contributed by atoms with Crippen molar-refractivity contribution in [2.24, 2.45) is 5.41 Å². The molecule has 1 fully saturated rings. The molecule has 1 nitrogen and oxygen atoms in total. The van der Waals surface area contributed by atoms with E-state index in [-0.39, 0.29) is 5.78 Å². The Kier molecular flexibility index (Phi) is 2.33. The van der Waals surface area contributed by atoms with E-state index in [0.29, 0.717) is 12.0 Å². The number of carbonyl (C=O) groups excluding carboxylic acids is 1. The highest BCUT2D eigenvalue weighted by atomic mass is 19.2. The summed E-state index contributed by atoms with van der Waals surface area (Å²) in [5, 5.41) is 0. The maximum atomic E-state index is 13.3. The summed E-state index contributed by atoms with van der Waals surface area (Å²) in [7, 11) is 0. The molecule has 1 aliphatic carbocycles. The van der Waals surface area contributed by atoms with Crippen molar-refractivity contribution in [2.75, 3.05) is 0 Å². The van der Waals surface area contributed by atoms with E-state index in [4.69, 9.17) is 0 Å². The van der Waals surface area contributed by atoms with Gasteiger partial charge in [0.2, 0.25) is 0 Å². The van der Waals surface area contributed by atoms with Crippen molar-refractivity contribution in [3.05, 3.63) is 35.4 Å². The molecule has 0 aromatic heterocycles. The molecular formula is C12H12F2O. The van der Waals surface area contributed by atoms with E-state index in [1.807, 2.05) is 0 Å². The molecule has 80 valence electrons. The van der Waals surface area contributed by atoms with Gasteiger partial charge < -0.3 is 0 Å². The molecule has 1 saturated carbocycles. The standard InChI is InChI=1S/C12H12F2O/c1-8(15)12(5-6-12)7-9-3-2-4-10(13)11(9)14/h2-4H,5-7H2,1H3. The van der Waals surface area contributed by atoms with E-state index >= 15 is 0 Å². The van der Waals surface area contributed by atoms with Crippen molar-refractivity contribution < 1.29 is 13.6 Å². The molecule has 1 aromatic carbocycles. The van der Waals surface area contributed by atoms with Gasteiger partial charge in [0.1, 0.15) is 5.78 Å². The zero-order valence-corrected chi connectivity index (χ0v) is 8.52. The number of halogens is 2. The molecule has 0 atom stereocenters. The summed E-state index contributed by atoms with van der Waals surface area (Å²) in [6, 6.07) is 4.11. The van der Waals surface area contributed by atoms with Crippen LogP contribution in [0, 0.1) is 17.0 Å². The van der Waals surface area contributed by atoms with Crippen LogP contribution < -0.4 is 0 Å². The van der Waals surface area contributed by atoms with Gasteiger partial charge in [-0.3, -0.25) is 4.79 Å². The van der Waals surface area contributed by atoms with E-state index in [2.05, 4.69) is 0 Å². The number of hydrogen-bond acceptors (Lipinski definition) is 1. The highest BCUT2D eigenvalue weighted by Crippen LogP contribution is 2.49. The van der Waals surface area contributed by atoms with Crippen molar-refractivity contribution in [2.45, 2.75) is 26.2 Å². The van der Waals surface area contributed by atoms with Gasteiger partial charge in [0, 0.05) is 5.41 Å². The predicted molar refractivity (Wildman–Crippen MR) is 52.4 cm³/mol. The summed E-state index contributed by atoms with van der Waals surface area (Å²) < 4.78 is 26.3. The zero-order valence-electron chi connectivity index (χ0n) is 8.52. The third-order valence-corrected chi connectivity index (χ3v) is 3.16. The monoisotopic (exact) mass is 210 g/mol. The fraction of sp³-hybridized carbons (Fsp3) is 0.417. The second-order valence-corrected chi connectivity index (χ2v) is 4.23. The maximum absolute atomic E-state index is 13.3. The van der Waals surface area contributed by atoms with Crippen molar-refractivity contribution in [1.29, 1.82) is 0 Å². The van der Waals surface area contributed by atoms with Gasteiger partial charge in [-0.05, 0) is 37.8 Å². The second-order valence-electron chi connectivity index (χ2n) is 4.23. The Balaban J connectivity index is 2.25. The summed E-state index contributed by atoms with van der Waals surface area (Å²) in [5.41, 5.74) is -0.100. The lowest BCUT2D eigenvalue weighted by molar-refractivity contribution is -0.121. The molecule has 0 bridgehead atoms. The first kappa shape index (κ1) is 10.3. The van der Waals surface area contributed by atoms with Gasteiger partial charge in [-0.15, -0.1) is 0 Å². The first-order valence-corrected chi connectivity index (χ1v) is 4.99. The number of rotatable bonds is 3. The van der Waals surface area contributed by atoms with Crippen LogP contribution in [0.15, 0.2) is 18.2 Å². The molecule has 0 unspecified atom stereocenters. The van der Waals surface area contributed by atoms with Gasteiger partial charge >= 0.3 is 0 Å². The minimum Gasteiger partial charge on any atom is -0.299 e. The number of benzene rings is 1. The van der Waals surface area contributed by atoms with Gasteiger partial charge in [0.05, 0.1) is 0 Å². The lowest BCUT2D eigenvalue weighted by Crippen LogP contribution is -2.16. The van der Waals surface area contributed by atoms with Crippen molar-refractivity contribution >= 4 is 5.78 Å². The SMILES string of the molecule is CC(=O)C1(Cc2cccc(F)c2F)CC1. The summed E-state index contributed by atoms with van der Waals surface area (Å²) in [5.74, 6) is -1.58. The molecule has 3 heteroatoms. The summed E-state index contributed by atoms with van der Waals surface area (Å²) in [4.78, 5) is 11.3. The number of hydrogen-bond donors (Lipinski definition) is 0. The van der Waals surface area contributed by atoms with Crippen LogP contribution in [0.4, 0.5) is 8.78 Å². The zero-order chi connectivity index (χ0) is 11.1. The van der Waals surface area contributed by atoms with Crippen LogP contribution in [-0.4, -0.2) is 5.78 Å². The minimum absolute atomic E-state index is 0.0751. The summed E-state index contributed by atoms with van der Waals surface area (Å²) in [6.07, 6.45) is 1.91. The van der Waals surface area contributed by atoms with Crippen molar-refractivity contribution in [1.82, 2.24) is 0 Å². The molecular weight excluding hydrogens is 198 g/mol.